The smallest absolute Gasteiger partial charge is 0.0758 e. The zero-order valence-electron chi connectivity index (χ0n) is 12.5. The molecule has 0 aliphatic heterocycles. The summed E-state index contributed by atoms with van der Waals surface area (Å²) >= 11 is 0. The maximum absolute atomic E-state index is 6.27. The number of nitrogens with one attached hydrogen (secondary N) is 1. The van der Waals surface area contributed by atoms with Gasteiger partial charge in [-0.15, -0.1) is 0 Å². The maximum atomic E-state index is 6.27. The zero-order chi connectivity index (χ0) is 13.8. The zero-order valence-corrected chi connectivity index (χ0v) is 12.5. The molecule has 1 saturated carbocycles. The van der Waals surface area contributed by atoms with Gasteiger partial charge >= 0.3 is 0 Å². The molecule has 1 heterocycles. The summed E-state index contributed by atoms with van der Waals surface area (Å²) < 4.78 is 2.09. The van der Waals surface area contributed by atoms with E-state index in [1.54, 1.807) is 0 Å². The molecule has 4 heteroatoms. The molecule has 2 rings (SSSR count). The maximum Gasteiger partial charge on any atom is 0.0758 e. The van der Waals surface area contributed by atoms with E-state index in [1.807, 2.05) is 6.20 Å². The van der Waals surface area contributed by atoms with Gasteiger partial charge in [-0.3, -0.25) is 4.68 Å². The average molecular weight is 264 g/mol. The van der Waals surface area contributed by atoms with Gasteiger partial charge in [0.2, 0.25) is 0 Å². The summed E-state index contributed by atoms with van der Waals surface area (Å²) in [5, 5.41) is 8.11. The summed E-state index contributed by atoms with van der Waals surface area (Å²) in [7, 11) is 0. The molecule has 0 bridgehead atoms. The molecule has 0 saturated heterocycles. The molecule has 0 amide bonds. The molecule has 2 unspecified atom stereocenters. The van der Waals surface area contributed by atoms with Crippen LogP contribution in [0.2, 0.25) is 0 Å². The molecule has 0 aromatic carbocycles. The second kappa shape index (κ2) is 6.42. The van der Waals surface area contributed by atoms with Gasteiger partial charge in [-0.2, -0.15) is 5.10 Å². The molecule has 2 atom stereocenters. The van der Waals surface area contributed by atoms with Gasteiger partial charge in [0.15, 0.2) is 0 Å². The lowest BCUT2D eigenvalue weighted by atomic mass is 10.0. The summed E-state index contributed by atoms with van der Waals surface area (Å²) in [6, 6.07) is 0.674. The quantitative estimate of drug-likeness (QED) is 0.822. The number of aromatic nitrogens is 2. The van der Waals surface area contributed by atoms with Gasteiger partial charge in [-0.1, -0.05) is 33.1 Å². The number of nitrogens with two attached hydrogens (primary N) is 1. The van der Waals surface area contributed by atoms with Crippen LogP contribution in [-0.4, -0.2) is 21.9 Å². The van der Waals surface area contributed by atoms with Crippen molar-refractivity contribution in [3.05, 3.63) is 11.9 Å². The van der Waals surface area contributed by atoms with E-state index in [0.29, 0.717) is 12.0 Å². The Balaban J connectivity index is 2.03. The third-order valence-corrected chi connectivity index (χ3v) is 4.05. The second-order valence-corrected chi connectivity index (χ2v) is 6.27. The van der Waals surface area contributed by atoms with Gasteiger partial charge < -0.3 is 11.1 Å². The minimum Gasteiger partial charge on any atom is -0.378 e. The van der Waals surface area contributed by atoms with Crippen molar-refractivity contribution in [3.63, 3.8) is 0 Å². The molecule has 1 aromatic rings. The van der Waals surface area contributed by atoms with Crippen molar-refractivity contribution in [1.29, 1.82) is 0 Å². The molecule has 1 aliphatic rings. The van der Waals surface area contributed by atoms with Crippen LogP contribution in [0.4, 0.5) is 5.69 Å². The van der Waals surface area contributed by atoms with Crippen LogP contribution in [0.25, 0.3) is 0 Å². The van der Waals surface area contributed by atoms with Crippen molar-refractivity contribution >= 4 is 5.69 Å². The summed E-state index contributed by atoms with van der Waals surface area (Å²) in [6.07, 6.45) is 8.13. The fourth-order valence-corrected chi connectivity index (χ4v) is 2.83. The molecule has 1 fully saturated rings. The van der Waals surface area contributed by atoms with Crippen molar-refractivity contribution in [2.75, 3.05) is 5.32 Å². The van der Waals surface area contributed by atoms with Crippen LogP contribution in [0.15, 0.2) is 6.20 Å². The predicted octanol–water partition coefficient (Wildman–Crippen LogP) is 2.92. The highest BCUT2D eigenvalue weighted by Gasteiger charge is 2.21. The predicted molar refractivity (Wildman–Crippen MR) is 80.3 cm³/mol. The lowest BCUT2D eigenvalue weighted by molar-refractivity contribution is 0.474. The molecule has 1 aromatic heterocycles. The first kappa shape index (κ1) is 14.4. The Labute approximate surface area is 116 Å². The van der Waals surface area contributed by atoms with E-state index in [-0.39, 0.29) is 6.04 Å². The topological polar surface area (TPSA) is 55.9 Å². The Morgan fingerprint density at radius 3 is 2.84 bits per heavy atom. The number of hydrogen-bond donors (Lipinski definition) is 2. The van der Waals surface area contributed by atoms with Gasteiger partial charge in [0, 0.05) is 18.6 Å². The number of anilines is 1. The van der Waals surface area contributed by atoms with E-state index < -0.39 is 0 Å². The van der Waals surface area contributed by atoms with E-state index in [1.165, 1.54) is 31.4 Å². The lowest BCUT2D eigenvalue weighted by Gasteiger charge is -2.23. The summed E-state index contributed by atoms with van der Waals surface area (Å²) in [4.78, 5) is 0. The van der Waals surface area contributed by atoms with Crippen LogP contribution in [0, 0.1) is 12.8 Å². The SMILES string of the molecule is Cc1c(NC2CCCCCC2N)cnn1CC(C)C. The first-order valence-electron chi connectivity index (χ1n) is 7.62. The first-order chi connectivity index (χ1) is 9.08. The number of nitrogens with zero attached hydrogens (tertiary/aromatic N) is 2. The number of rotatable bonds is 4. The van der Waals surface area contributed by atoms with Gasteiger partial charge in [0.05, 0.1) is 17.6 Å². The van der Waals surface area contributed by atoms with E-state index in [0.717, 1.165) is 18.7 Å². The van der Waals surface area contributed by atoms with Crippen LogP contribution in [0.1, 0.15) is 51.6 Å². The van der Waals surface area contributed by atoms with Crippen molar-refractivity contribution in [1.82, 2.24) is 9.78 Å². The third kappa shape index (κ3) is 3.72. The van der Waals surface area contributed by atoms with E-state index in [4.69, 9.17) is 5.73 Å². The second-order valence-electron chi connectivity index (χ2n) is 6.27. The molecule has 0 radical (unpaired) electrons. The molecule has 1 aliphatic carbocycles. The Bertz CT molecular complexity index is 397. The van der Waals surface area contributed by atoms with Crippen LogP contribution in [-0.2, 0) is 6.54 Å². The van der Waals surface area contributed by atoms with Crippen molar-refractivity contribution in [3.8, 4) is 0 Å². The minimum absolute atomic E-state index is 0.273. The van der Waals surface area contributed by atoms with Crippen molar-refractivity contribution < 1.29 is 0 Å². The van der Waals surface area contributed by atoms with Gasteiger partial charge in [-0.05, 0) is 25.7 Å². The van der Waals surface area contributed by atoms with Crippen LogP contribution in [0.5, 0.6) is 0 Å². The molecule has 3 N–H and O–H groups in total. The van der Waals surface area contributed by atoms with E-state index in [2.05, 4.69) is 35.9 Å². The Kier molecular flexibility index (Phi) is 4.86. The van der Waals surface area contributed by atoms with E-state index in [9.17, 15) is 0 Å². The number of hydrogen-bond acceptors (Lipinski definition) is 3. The molecule has 0 spiro atoms. The van der Waals surface area contributed by atoms with Gasteiger partial charge in [0.1, 0.15) is 0 Å². The Morgan fingerprint density at radius 1 is 1.37 bits per heavy atom. The molecule has 108 valence electrons. The summed E-state index contributed by atoms with van der Waals surface area (Å²) in [5.41, 5.74) is 8.66. The van der Waals surface area contributed by atoms with Gasteiger partial charge in [-0.25, -0.2) is 0 Å². The molecule has 19 heavy (non-hydrogen) atoms. The minimum atomic E-state index is 0.273. The monoisotopic (exact) mass is 264 g/mol. The summed E-state index contributed by atoms with van der Waals surface area (Å²) in [5.74, 6) is 0.617. The van der Waals surface area contributed by atoms with Crippen LogP contribution >= 0.6 is 0 Å². The largest absolute Gasteiger partial charge is 0.378 e. The van der Waals surface area contributed by atoms with Crippen LogP contribution < -0.4 is 11.1 Å². The van der Waals surface area contributed by atoms with Gasteiger partial charge in [0.25, 0.3) is 0 Å². The van der Waals surface area contributed by atoms with Crippen molar-refractivity contribution in [2.45, 2.75) is 71.5 Å². The molecular formula is C15H28N4. The third-order valence-electron chi connectivity index (χ3n) is 4.05. The summed E-state index contributed by atoms with van der Waals surface area (Å²) in [6.45, 7) is 7.55. The van der Waals surface area contributed by atoms with Crippen LogP contribution in [0.3, 0.4) is 0 Å². The Morgan fingerprint density at radius 2 is 2.11 bits per heavy atom. The fraction of sp³-hybridized carbons (Fsp3) is 0.800. The molecule has 4 nitrogen and oxygen atoms in total. The van der Waals surface area contributed by atoms with E-state index >= 15 is 0 Å². The lowest BCUT2D eigenvalue weighted by Crippen LogP contribution is -2.39. The normalized spacial score (nSPS) is 24.5. The highest BCUT2D eigenvalue weighted by molar-refractivity contribution is 5.47. The average Bonchev–Trinajstić information content (AvgIpc) is 2.57. The Hall–Kier alpha value is -1.03. The molecular weight excluding hydrogens is 236 g/mol. The fourth-order valence-electron chi connectivity index (χ4n) is 2.83. The highest BCUT2D eigenvalue weighted by Crippen LogP contribution is 2.22. The first-order valence-corrected chi connectivity index (χ1v) is 7.62. The highest BCUT2D eigenvalue weighted by atomic mass is 15.3. The standard InChI is InChI=1S/C15H28N4/c1-11(2)10-19-12(3)15(9-17-19)18-14-8-6-4-5-7-13(14)16/h9,11,13-14,18H,4-8,10,16H2,1-3H3. The van der Waals surface area contributed by atoms with Crippen molar-refractivity contribution in [2.24, 2.45) is 11.7 Å².